The summed E-state index contributed by atoms with van der Waals surface area (Å²) in [7, 11) is 2.04. The minimum absolute atomic E-state index is 0.475. The third-order valence-corrected chi connectivity index (χ3v) is 3.64. The van der Waals surface area contributed by atoms with Crippen molar-refractivity contribution in [1.29, 1.82) is 0 Å². The lowest BCUT2D eigenvalue weighted by molar-refractivity contribution is 0.493. The quantitative estimate of drug-likeness (QED) is 0.802. The molecular formula is C16H26N4. The Morgan fingerprint density at radius 1 is 1.25 bits per heavy atom. The van der Waals surface area contributed by atoms with Crippen LogP contribution in [-0.4, -0.2) is 20.7 Å². The fourth-order valence-corrected chi connectivity index (χ4v) is 2.47. The average Bonchev–Trinajstić information content (AvgIpc) is 3.05. The zero-order valence-corrected chi connectivity index (χ0v) is 12.8. The van der Waals surface area contributed by atoms with E-state index in [1.165, 1.54) is 24.8 Å². The predicted octanol–water partition coefficient (Wildman–Crippen LogP) is 3.11. The van der Waals surface area contributed by atoms with Crippen molar-refractivity contribution < 1.29 is 0 Å². The lowest BCUT2D eigenvalue weighted by Gasteiger charge is -2.16. The molecule has 0 aromatic carbocycles. The number of aryl methyl sites for hydroxylation is 1. The van der Waals surface area contributed by atoms with Crippen LogP contribution in [0.4, 0.5) is 0 Å². The molecule has 4 nitrogen and oxygen atoms in total. The molecule has 0 bridgehead atoms. The molecule has 0 saturated heterocycles. The van der Waals surface area contributed by atoms with Gasteiger partial charge in [-0.05, 0) is 31.0 Å². The Labute approximate surface area is 121 Å². The standard InChI is InChI=1S/C16H26N4/c1-4-6-15(17-8-5-2)14-7-10-20(12-14)13-16-18-9-11-19(16)3/h7,9-12,15,17H,4-6,8,13H2,1-3H3. The highest BCUT2D eigenvalue weighted by atomic mass is 15.1. The van der Waals surface area contributed by atoms with E-state index in [0.29, 0.717) is 6.04 Å². The van der Waals surface area contributed by atoms with E-state index in [-0.39, 0.29) is 0 Å². The Bertz CT molecular complexity index is 512. The summed E-state index contributed by atoms with van der Waals surface area (Å²) >= 11 is 0. The van der Waals surface area contributed by atoms with Crippen molar-refractivity contribution in [2.24, 2.45) is 7.05 Å². The maximum absolute atomic E-state index is 4.38. The highest BCUT2D eigenvalue weighted by Crippen LogP contribution is 2.19. The summed E-state index contributed by atoms with van der Waals surface area (Å²) in [6, 6.07) is 2.70. The van der Waals surface area contributed by atoms with E-state index in [1.54, 1.807) is 0 Å². The summed E-state index contributed by atoms with van der Waals surface area (Å²) in [5.41, 5.74) is 1.38. The van der Waals surface area contributed by atoms with E-state index in [2.05, 4.69) is 51.7 Å². The molecule has 2 aromatic heterocycles. The Balaban J connectivity index is 2.04. The molecule has 2 rings (SSSR count). The van der Waals surface area contributed by atoms with Gasteiger partial charge in [-0.2, -0.15) is 0 Å². The van der Waals surface area contributed by atoms with Crippen LogP contribution in [-0.2, 0) is 13.6 Å². The van der Waals surface area contributed by atoms with Gasteiger partial charge in [0.2, 0.25) is 0 Å². The second-order valence-corrected chi connectivity index (χ2v) is 5.37. The number of nitrogens with zero attached hydrogens (tertiary/aromatic N) is 3. The second kappa shape index (κ2) is 7.29. The van der Waals surface area contributed by atoms with Crippen molar-refractivity contribution in [3.8, 4) is 0 Å². The van der Waals surface area contributed by atoms with Crippen LogP contribution in [0.1, 0.15) is 50.5 Å². The Morgan fingerprint density at radius 2 is 2.10 bits per heavy atom. The molecule has 2 aromatic rings. The fourth-order valence-electron chi connectivity index (χ4n) is 2.47. The molecular weight excluding hydrogens is 248 g/mol. The Morgan fingerprint density at radius 3 is 2.75 bits per heavy atom. The van der Waals surface area contributed by atoms with Gasteiger partial charge in [0, 0.05) is 37.9 Å². The lowest BCUT2D eigenvalue weighted by atomic mass is 10.1. The van der Waals surface area contributed by atoms with E-state index in [1.807, 2.05) is 19.4 Å². The molecule has 4 heteroatoms. The molecule has 0 fully saturated rings. The van der Waals surface area contributed by atoms with Crippen molar-refractivity contribution in [1.82, 2.24) is 19.4 Å². The molecule has 2 heterocycles. The molecule has 1 unspecified atom stereocenters. The van der Waals surface area contributed by atoms with Gasteiger partial charge >= 0.3 is 0 Å². The summed E-state index contributed by atoms with van der Waals surface area (Å²) in [6.07, 6.45) is 11.8. The predicted molar refractivity (Wildman–Crippen MR) is 82.7 cm³/mol. The summed E-state index contributed by atoms with van der Waals surface area (Å²) in [5, 5.41) is 3.64. The van der Waals surface area contributed by atoms with Gasteiger partial charge in [0.05, 0.1) is 6.54 Å². The van der Waals surface area contributed by atoms with Crippen molar-refractivity contribution >= 4 is 0 Å². The molecule has 0 aliphatic heterocycles. The van der Waals surface area contributed by atoms with Crippen LogP contribution >= 0.6 is 0 Å². The van der Waals surface area contributed by atoms with Crippen LogP contribution in [0, 0.1) is 0 Å². The molecule has 110 valence electrons. The first-order valence-corrected chi connectivity index (χ1v) is 7.59. The summed E-state index contributed by atoms with van der Waals surface area (Å²) < 4.78 is 4.28. The largest absolute Gasteiger partial charge is 0.346 e. The van der Waals surface area contributed by atoms with Crippen LogP contribution in [0.5, 0.6) is 0 Å². The Kier molecular flexibility index (Phi) is 5.41. The third kappa shape index (κ3) is 3.73. The molecule has 1 atom stereocenters. The first-order chi connectivity index (χ1) is 9.74. The van der Waals surface area contributed by atoms with Crippen LogP contribution in [0.25, 0.3) is 0 Å². The van der Waals surface area contributed by atoms with Crippen molar-refractivity contribution in [3.63, 3.8) is 0 Å². The van der Waals surface area contributed by atoms with Crippen molar-refractivity contribution in [2.45, 2.75) is 45.7 Å². The molecule has 0 radical (unpaired) electrons. The summed E-state index contributed by atoms with van der Waals surface area (Å²) in [6.45, 7) is 6.36. The topological polar surface area (TPSA) is 34.8 Å². The number of imidazole rings is 1. The van der Waals surface area contributed by atoms with Gasteiger partial charge in [-0.15, -0.1) is 0 Å². The van der Waals surface area contributed by atoms with Crippen molar-refractivity contribution in [2.75, 3.05) is 6.54 Å². The van der Waals surface area contributed by atoms with E-state index >= 15 is 0 Å². The molecule has 20 heavy (non-hydrogen) atoms. The molecule has 1 N–H and O–H groups in total. The van der Waals surface area contributed by atoms with Gasteiger partial charge < -0.3 is 14.5 Å². The first-order valence-electron chi connectivity index (χ1n) is 7.59. The summed E-state index contributed by atoms with van der Waals surface area (Å²) in [4.78, 5) is 4.38. The van der Waals surface area contributed by atoms with Gasteiger partial charge in [-0.3, -0.25) is 0 Å². The van der Waals surface area contributed by atoms with Crippen LogP contribution in [0.15, 0.2) is 30.9 Å². The molecule has 0 aliphatic carbocycles. The normalized spacial score (nSPS) is 12.8. The number of hydrogen-bond acceptors (Lipinski definition) is 2. The van der Waals surface area contributed by atoms with Gasteiger partial charge in [0.15, 0.2) is 0 Å². The second-order valence-electron chi connectivity index (χ2n) is 5.37. The molecule has 0 spiro atoms. The van der Waals surface area contributed by atoms with E-state index in [4.69, 9.17) is 0 Å². The van der Waals surface area contributed by atoms with Gasteiger partial charge in [0.25, 0.3) is 0 Å². The number of hydrogen-bond donors (Lipinski definition) is 1. The fraction of sp³-hybridized carbons (Fsp3) is 0.562. The van der Waals surface area contributed by atoms with Crippen LogP contribution < -0.4 is 5.32 Å². The highest BCUT2D eigenvalue weighted by Gasteiger charge is 2.11. The zero-order chi connectivity index (χ0) is 14.4. The van der Waals surface area contributed by atoms with Crippen molar-refractivity contribution in [3.05, 3.63) is 42.2 Å². The van der Waals surface area contributed by atoms with E-state index in [9.17, 15) is 0 Å². The van der Waals surface area contributed by atoms with Crippen LogP contribution in [0.2, 0.25) is 0 Å². The highest BCUT2D eigenvalue weighted by molar-refractivity contribution is 5.16. The smallest absolute Gasteiger partial charge is 0.128 e. The number of nitrogens with one attached hydrogen (secondary N) is 1. The average molecular weight is 274 g/mol. The van der Waals surface area contributed by atoms with Gasteiger partial charge in [-0.1, -0.05) is 20.3 Å². The lowest BCUT2D eigenvalue weighted by Crippen LogP contribution is -2.21. The van der Waals surface area contributed by atoms with Crippen LogP contribution in [0.3, 0.4) is 0 Å². The third-order valence-electron chi connectivity index (χ3n) is 3.64. The maximum atomic E-state index is 4.38. The minimum Gasteiger partial charge on any atom is -0.346 e. The number of aromatic nitrogens is 3. The molecule has 0 aliphatic rings. The maximum Gasteiger partial charge on any atom is 0.128 e. The first kappa shape index (κ1) is 14.9. The zero-order valence-electron chi connectivity index (χ0n) is 12.8. The van der Waals surface area contributed by atoms with E-state index < -0.39 is 0 Å². The minimum atomic E-state index is 0.475. The Hall–Kier alpha value is -1.55. The van der Waals surface area contributed by atoms with E-state index in [0.717, 1.165) is 18.9 Å². The monoisotopic (exact) mass is 274 g/mol. The molecule has 0 amide bonds. The number of rotatable bonds is 8. The van der Waals surface area contributed by atoms with Gasteiger partial charge in [0.1, 0.15) is 5.82 Å². The van der Waals surface area contributed by atoms with Gasteiger partial charge in [-0.25, -0.2) is 4.98 Å². The SMILES string of the molecule is CCCNC(CCC)c1ccn(Cc2nccn2C)c1. The molecule has 0 saturated carbocycles. The summed E-state index contributed by atoms with van der Waals surface area (Å²) in [5.74, 6) is 1.08.